The highest BCUT2D eigenvalue weighted by molar-refractivity contribution is 5.24. The predicted octanol–water partition coefficient (Wildman–Crippen LogP) is 4.54. The summed E-state index contributed by atoms with van der Waals surface area (Å²) < 4.78 is 0. The van der Waals surface area contributed by atoms with Crippen molar-refractivity contribution in [3.05, 3.63) is 24.4 Å². The fraction of sp³-hybridized carbons (Fsp3) is 0.778. The average molecular weight is 305 g/mol. The molecule has 1 heterocycles. The fourth-order valence-corrected chi connectivity index (χ4v) is 3.81. The molecule has 0 bridgehead atoms. The Balaban J connectivity index is 1.60. The van der Waals surface area contributed by atoms with Crippen LogP contribution in [0.15, 0.2) is 6.20 Å². The van der Waals surface area contributed by atoms with Gasteiger partial charge in [0, 0.05) is 12.1 Å². The summed E-state index contributed by atoms with van der Waals surface area (Å²) >= 11 is 0. The molecule has 1 unspecified atom stereocenters. The molecule has 1 aromatic rings. The van der Waals surface area contributed by atoms with Gasteiger partial charge in [0.05, 0.1) is 17.9 Å². The van der Waals surface area contributed by atoms with Crippen molar-refractivity contribution in [1.29, 1.82) is 0 Å². The quantitative estimate of drug-likeness (QED) is 0.656. The van der Waals surface area contributed by atoms with Crippen molar-refractivity contribution in [1.82, 2.24) is 10.2 Å². The summed E-state index contributed by atoms with van der Waals surface area (Å²) in [6, 6.07) is 0. The number of aromatic amines is 1. The number of H-pyrrole nitrogens is 1. The maximum absolute atomic E-state index is 5.95. The summed E-state index contributed by atoms with van der Waals surface area (Å²) in [5, 5.41) is 7.32. The Hall–Kier alpha value is -0.870. The number of rotatable bonds is 4. The monoisotopic (exact) mass is 305 g/mol. The van der Waals surface area contributed by atoms with Crippen LogP contribution in [0, 0.1) is 12.3 Å². The van der Waals surface area contributed by atoms with Crippen molar-refractivity contribution in [2.45, 2.75) is 83.3 Å². The van der Waals surface area contributed by atoms with Crippen LogP contribution in [0.1, 0.15) is 82.4 Å². The summed E-state index contributed by atoms with van der Waals surface area (Å²) in [4.78, 5) is 11.8. The van der Waals surface area contributed by atoms with Crippen LogP contribution in [0.25, 0.3) is 0 Å². The minimum Gasteiger partial charge on any atom is -0.285 e. The third-order valence-electron chi connectivity index (χ3n) is 5.51. The molecule has 2 saturated carbocycles. The second-order valence-electron chi connectivity index (χ2n) is 7.70. The summed E-state index contributed by atoms with van der Waals surface area (Å²) in [5.41, 5.74) is 2.27. The second-order valence-corrected chi connectivity index (χ2v) is 7.70. The molecule has 0 saturated heterocycles. The Morgan fingerprint density at radius 1 is 1.18 bits per heavy atom. The van der Waals surface area contributed by atoms with E-state index in [4.69, 9.17) is 9.78 Å². The van der Waals surface area contributed by atoms with E-state index in [1.165, 1.54) is 19.3 Å². The zero-order valence-corrected chi connectivity index (χ0v) is 13.9. The molecule has 0 aromatic carbocycles. The van der Waals surface area contributed by atoms with Gasteiger partial charge in [0.2, 0.25) is 0 Å². The van der Waals surface area contributed by atoms with E-state index in [1.54, 1.807) is 0 Å². The minimum absolute atomic E-state index is 0.129. The lowest BCUT2D eigenvalue weighted by molar-refractivity contribution is -0.374. The molecule has 0 amide bonds. The van der Waals surface area contributed by atoms with E-state index in [-0.39, 0.29) is 11.5 Å². The van der Waals surface area contributed by atoms with Crippen molar-refractivity contribution < 1.29 is 9.78 Å². The molecule has 0 spiro atoms. The standard InChI is InChI=1S/C18H29N2O2/c1-13-12-19-20-17(13)14-9-10-18(2,3)16(11-14)22-21-15-7-5-4-6-8-15/h12,14-16H,1,4-11H2,2-3H3,(H,19,20)/t14?,16-/m1/s1. The lowest BCUT2D eigenvalue weighted by atomic mass is 9.70. The van der Waals surface area contributed by atoms with E-state index in [9.17, 15) is 0 Å². The first-order chi connectivity index (χ1) is 10.6. The molecule has 1 N–H and O–H groups in total. The second kappa shape index (κ2) is 6.71. The molecule has 2 atom stereocenters. The van der Waals surface area contributed by atoms with Gasteiger partial charge in [-0.3, -0.25) is 5.10 Å². The van der Waals surface area contributed by atoms with Crippen molar-refractivity contribution in [2.75, 3.05) is 0 Å². The van der Waals surface area contributed by atoms with Crippen LogP contribution in [0.2, 0.25) is 0 Å². The van der Waals surface area contributed by atoms with Crippen molar-refractivity contribution >= 4 is 0 Å². The van der Waals surface area contributed by atoms with Gasteiger partial charge in [-0.1, -0.05) is 33.1 Å². The highest BCUT2D eigenvalue weighted by Crippen LogP contribution is 2.44. The zero-order valence-electron chi connectivity index (χ0n) is 13.9. The first kappa shape index (κ1) is 16.0. The van der Waals surface area contributed by atoms with Gasteiger partial charge >= 0.3 is 0 Å². The number of hydrogen-bond acceptors (Lipinski definition) is 3. The number of hydrogen-bond donors (Lipinski definition) is 1. The maximum Gasteiger partial charge on any atom is 0.0987 e. The summed E-state index contributed by atoms with van der Waals surface area (Å²) in [6.07, 6.45) is 11.7. The number of nitrogens with zero attached hydrogens (tertiary/aromatic N) is 1. The molecule has 3 rings (SSSR count). The van der Waals surface area contributed by atoms with E-state index in [0.717, 1.165) is 43.4 Å². The summed E-state index contributed by atoms with van der Waals surface area (Å²) in [7, 11) is 0. The minimum atomic E-state index is 0.129. The van der Waals surface area contributed by atoms with Gasteiger partial charge in [-0.2, -0.15) is 5.10 Å². The topological polar surface area (TPSA) is 47.1 Å². The van der Waals surface area contributed by atoms with E-state index in [0.29, 0.717) is 12.0 Å². The average Bonchev–Trinajstić information content (AvgIpc) is 2.93. The molecule has 0 aliphatic heterocycles. The lowest BCUT2D eigenvalue weighted by Crippen LogP contribution is -2.39. The molecule has 2 fully saturated rings. The van der Waals surface area contributed by atoms with E-state index in [1.807, 2.05) is 6.20 Å². The first-order valence-corrected chi connectivity index (χ1v) is 8.74. The number of aromatic nitrogens is 2. The van der Waals surface area contributed by atoms with Crippen LogP contribution in [-0.2, 0) is 9.78 Å². The van der Waals surface area contributed by atoms with E-state index >= 15 is 0 Å². The Kier molecular flexibility index (Phi) is 4.88. The van der Waals surface area contributed by atoms with Gasteiger partial charge in [-0.15, -0.1) is 0 Å². The molecule has 1 aromatic heterocycles. The van der Waals surface area contributed by atoms with Gasteiger partial charge in [0.25, 0.3) is 0 Å². The molecular weight excluding hydrogens is 276 g/mol. The zero-order chi connectivity index (χ0) is 15.6. The van der Waals surface area contributed by atoms with Crippen LogP contribution in [0.4, 0.5) is 0 Å². The third kappa shape index (κ3) is 3.54. The molecule has 2 aliphatic rings. The lowest BCUT2D eigenvalue weighted by Gasteiger charge is -2.41. The molecule has 22 heavy (non-hydrogen) atoms. The third-order valence-corrected chi connectivity index (χ3v) is 5.51. The van der Waals surface area contributed by atoms with Gasteiger partial charge < -0.3 is 0 Å². The molecule has 4 heteroatoms. The SMILES string of the molecule is [CH2]c1c[nH]nc1C1CCC(C)(C)[C@H](OOC2CCCCC2)C1. The Labute approximate surface area is 133 Å². The van der Waals surface area contributed by atoms with Crippen LogP contribution in [-0.4, -0.2) is 22.4 Å². The van der Waals surface area contributed by atoms with Crippen molar-refractivity contribution in [3.8, 4) is 0 Å². The summed E-state index contributed by atoms with van der Waals surface area (Å²) in [5.74, 6) is 0.423. The van der Waals surface area contributed by atoms with Gasteiger partial charge in [-0.25, -0.2) is 9.78 Å². The Bertz CT molecular complexity index is 477. The smallest absolute Gasteiger partial charge is 0.0987 e. The highest BCUT2D eigenvalue weighted by Gasteiger charge is 2.40. The number of nitrogens with one attached hydrogen (secondary N) is 1. The summed E-state index contributed by atoms with van der Waals surface area (Å²) in [6.45, 7) is 8.64. The van der Waals surface area contributed by atoms with Crippen molar-refractivity contribution in [3.63, 3.8) is 0 Å². The molecule has 123 valence electrons. The van der Waals surface area contributed by atoms with Crippen LogP contribution in [0.3, 0.4) is 0 Å². The van der Waals surface area contributed by atoms with Crippen LogP contribution < -0.4 is 0 Å². The molecule has 4 nitrogen and oxygen atoms in total. The molecule has 1 radical (unpaired) electrons. The normalized spacial score (nSPS) is 29.6. The Morgan fingerprint density at radius 3 is 2.64 bits per heavy atom. The van der Waals surface area contributed by atoms with Gasteiger partial charge in [0.15, 0.2) is 0 Å². The first-order valence-electron chi connectivity index (χ1n) is 8.74. The molecule has 2 aliphatic carbocycles. The fourth-order valence-electron chi connectivity index (χ4n) is 3.81. The van der Waals surface area contributed by atoms with E-state index < -0.39 is 0 Å². The van der Waals surface area contributed by atoms with Gasteiger partial charge in [0.1, 0.15) is 0 Å². The largest absolute Gasteiger partial charge is 0.285 e. The van der Waals surface area contributed by atoms with Crippen LogP contribution in [0.5, 0.6) is 0 Å². The van der Waals surface area contributed by atoms with E-state index in [2.05, 4.69) is 31.0 Å². The van der Waals surface area contributed by atoms with Crippen LogP contribution >= 0.6 is 0 Å². The maximum atomic E-state index is 5.95. The van der Waals surface area contributed by atoms with Crippen molar-refractivity contribution in [2.24, 2.45) is 5.41 Å². The Morgan fingerprint density at radius 2 is 1.95 bits per heavy atom. The van der Waals surface area contributed by atoms with Gasteiger partial charge in [-0.05, 0) is 50.0 Å². The predicted molar refractivity (Wildman–Crippen MR) is 86.3 cm³/mol. The molecular formula is C18H29N2O2. The highest BCUT2D eigenvalue weighted by atomic mass is 17.2.